The molecule has 1 aliphatic heterocycles. The number of hydrogen-bond acceptors (Lipinski definition) is 2. The van der Waals surface area contributed by atoms with Crippen LogP contribution in [-0.2, 0) is 0 Å². The van der Waals surface area contributed by atoms with Crippen LogP contribution in [0.3, 0.4) is 0 Å². The number of nitrogens with one attached hydrogen (secondary N) is 1. The minimum atomic E-state index is -0.289. The molecular weight excluding hydrogens is 193 g/mol. The van der Waals surface area contributed by atoms with Gasteiger partial charge < -0.3 is 10.1 Å². The fourth-order valence-electron chi connectivity index (χ4n) is 1.93. The molecular formula is C12H16FNO. The van der Waals surface area contributed by atoms with Crippen LogP contribution >= 0.6 is 0 Å². The van der Waals surface area contributed by atoms with Crippen LogP contribution in [0.25, 0.3) is 0 Å². The minimum absolute atomic E-state index is 0.0180. The molecule has 0 bridgehead atoms. The van der Waals surface area contributed by atoms with Gasteiger partial charge in [-0.3, -0.25) is 0 Å². The van der Waals surface area contributed by atoms with Crippen molar-refractivity contribution in [2.75, 3.05) is 6.54 Å². The summed E-state index contributed by atoms with van der Waals surface area (Å²) in [7, 11) is 0. The van der Waals surface area contributed by atoms with Crippen molar-refractivity contribution in [3.8, 4) is 5.75 Å². The number of benzene rings is 1. The highest BCUT2D eigenvalue weighted by molar-refractivity contribution is 5.24. The topological polar surface area (TPSA) is 21.3 Å². The summed E-state index contributed by atoms with van der Waals surface area (Å²) in [6.45, 7) is 3.02. The number of para-hydroxylation sites is 1. The molecule has 0 amide bonds. The van der Waals surface area contributed by atoms with E-state index in [2.05, 4.69) is 5.32 Å². The fraction of sp³-hybridized carbons (Fsp3) is 0.500. The smallest absolute Gasteiger partial charge is 0.165 e. The van der Waals surface area contributed by atoms with Crippen molar-refractivity contribution >= 4 is 0 Å². The lowest BCUT2D eigenvalue weighted by atomic mass is 10.1. The zero-order chi connectivity index (χ0) is 10.7. The van der Waals surface area contributed by atoms with Gasteiger partial charge in [0.1, 0.15) is 6.10 Å². The van der Waals surface area contributed by atoms with Crippen LogP contribution in [0, 0.1) is 5.82 Å². The van der Waals surface area contributed by atoms with Gasteiger partial charge in [-0.25, -0.2) is 4.39 Å². The molecule has 2 atom stereocenters. The lowest BCUT2D eigenvalue weighted by Gasteiger charge is -2.21. The highest BCUT2D eigenvalue weighted by Gasteiger charge is 2.22. The molecule has 2 unspecified atom stereocenters. The van der Waals surface area contributed by atoms with Gasteiger partial charge >= 0.3 is 0 Å². The van der Waals surface area contributed by atoms with Gasteiger partial charge in [0.2, 0.25) is 0 Å². The summed E-state index contributed by atoms with van der Waals surface area (Å²) in [5.74, 6) is 0.0565. The van der Waals surface area contributed by atoms with Crippen LogP contribution in [0.5, 0.6) is 5.75 Å². The summed E-state index contributed by atoms with van der Waals surface area (Å²) < 4.78 is 18.9. The summed E-state index contributed by atoms with van der Waals surface area (Å²) in [6.07, 6.45) is 2.30. The Morgan fingerprint density at radius 3 is 2.93 bits per heavy atom. The average Bonchev–Trinajstić information content (AvgIpc) is 2.74. The van der Waals surface area contributed by atoms with Crippen LogP contribution in [0.15, 0.2) is 24.3 Å². The van der Waals surface area contributed by atoms with Crippen molar-refractivity contribution in [3.05, 3.63) is 30.1 Å². The van der Waals surface area contributed by atoms with Gasteiger partial charge in [-0.15, -0.1) is 0 Å². The first-order valence-electron chi connectivity index (χ1n) is 5.42. The van der Waals surface area contributed by atoms with Crippen molar-refractivity contribution in [3.63, 3.8) is 0 Å². The Labute approximate surface area is 89.4 Å². The summed E-state index contributed by atoms with van der Waals surface area (Å²) in [4.78, 5) is 0. The number of halogens is 1. The van der Waals surface area contributed by atoms with Gasteiger partial charge in [-0.05, 0) is 38.4 Å². The molecule has 3 heteroatoms. The van der Waals surface area contributed by atoms with Gasteiger partial charge in [0, 0.05) is 6.04 Å². The van der Waals surface area contributed by atoms with E-state index in [4.69, 9.17) is 4.74 Å². The Kier molecular flexibility index (Phi) is 3.21. The predicted molar refractivity (Wildman–Crippen MR) is 57.5 cm³/mol. The molecule has 1 aromatic carbocycles. The summed E-state index contributed by atoms with van der Waals surface area (Å²) in [6, 6.07) is 6.89. The fourth-order valence-corrected chi connectivity index (χ4v) is 1.93. The molecule has 0 aliphatic carbocycles. The van der Waals surface area contributed by atoms with E-state index in [1.54, 1.807) is 18.2 Å². The van der Waals surface area contributed by atoms with E-state index in [0.29, 0.717) is 11.8 Å². The normalized spacial score (nSPS) is 22.7. The highest BCUT2D eigenvalue weighted by atomic mass is 19.1. The minimum Gasteiger partial charge on any atom is -0.486 e. The van der Waals surface area contributed by atoms with Crippen LogP contribution in [0.2, 0.25) is 0 Å². The zero-order valence-corrected chi connectivity index (χ0v) is 8.87. The Hall–Kier alpha value is -1.09. The van der Waals surface area contributed by atoms with E-state index >= 15 is 0 Å². The average molecular weight is 209 g/mol. The third kappa shape index (κ3) is 2.48. The second-order valence-corrected chi connectivity index (χ2v) is 3.96. The van der Waals surface area contributed by atoms with Crippen LogP contribution in [0.4, 0.5) is 4.39 Å². The third-order valence-electron chi connectivity index (χ3n) is 2.81. The first kappa shape index (κ1) is 10.4. The molecule has 1 aliphatic rings. The second-order valence-electron chi connectivity index (χ2n) is 3.96. The van der Waals surface area contributed by atoms with Crippen molar-refractivity contribution in [1.82, 2.24) is 5.32 Å². The van der Waals surface area contributed by atoms with Crippen LogP contribution in [0.1, 0.15) is 19.8 Å². The van der Waals surface area contributed by atoms with E-state index in [1.807, 2.05) is 6.92 Å². The summed E-state index contributed by atoms with van der Waals surface area (Å²) in [5, 5.41) is 3.35. The zero-order valence-electron chi connectivity index (χ0n) is 8.87. The molecule has 2 nitrogen and oxygen atoms in total. The van der Waals surface area contributed by atoms with Crippen molar-refractivity contribution in [1.29, 1.82) is 0 Å². The molecule has 1 fully saturated rings. The molecule has 0 aromatic heterocycles. The van der Waals surface area contributed by atoms with Gasteiger partial charge in [0.15, 0.2) is 11.6 Å². The van der Waals surface area contributed by atoms with E-state index in [0.717, 1.165) is 13.0 Å². The standard InChI is InChI=1S/C12H16FNO/c1-9(11-6-4-8-14-11)15-12-7-3-2-5-10(12)13/h2-3,5,7,9,11,14H,4,6,8H2,1H3. The second kappa shape index (κ2) is 4.62. The van der Waals surface area contributed by atoms with Crippen molar-refractivity contribution < 1.29 is 9.13 Å². The van der Waals surface area contributed by atoms with Gasteiger partial charge in [-0.1, -0.05) is 12.1 Å². The number of ether oxygens (including phenoxy) is 1. The maximum atomic E-state index is 13.3. The van der Waals surface area contributed by atoms with E-state index in [-0.39, 0.29) is 11.9 Å². The SMILES string of the molecule is CC(Oc1ccccc1F)C1CCCN1. The molecule has 1 aromatic rings. The Balaban J connectivity index is 1.99. The van der Waals surface area contributed by atoms with E-state index in [1.165, 1.54) is 12.5 Å². The molecule has 0 spiro atoms. The van der Waals surface area contributed by atoms with Crippen molar-refractivity contribution in [2.24, 2.45) is 0 Å². The largest absolute Gasteiger partial charge is 0.486 e. The summed E-state index contributed by atoms with van der Waals surface area (Å²) in [5.41, 5.74) is 0. The first-order valence-corrected chi connectivity index (χ1v) is 5.42. The molecule has 82 valence electrons. The quantitative estimate of drug-likeness (QED) is 0.825. The molecule has 2 rings (SSSR count). The van der Waals surface area contributed by atoms with Crippen molar-refractivity contribution in [2.45, 2.75) is 31.9 Å². The summed E-state index contributed by atoms with van der Waals surface area (Å²) >= 11 is 0. The molecule has 0 saturated carbocycles. The maximum absolute atomic E-state index is 13.3. The Morgan fingerprint density at radius 1 is 1.47 bits per heavy atom. The molecule has 15 heavy (non-hydrogen) atoms. The van der Waals surface area contributed by atoms with Crippen LogP contribution < -0.4 is 10.1 Å². The van der Waals surface area contributed by atoms with Gasteiger partial charge in [-0.2, -0.15) is 0 Å². The predicted octanol–water partition coefficient (Wildman–Crippen LogP) is 2.34. The highest BCUT2D eigenvalue weighted by Crippen LogP contribution is 2.20. The molecule has 1 saturated heterocycles. The van der Waals surface area contributed by atoms with Crippen LogP contribution in [-0.4, -0.2) is 18.7 Å². The third-order valence-corrected chi connectivity index (χ3v) is 2.81. The first-order chi connectivity index (χ1) is 7.27. The Morgan fingerprint density at radius 2 is 2.27 bits per heavy atom. The number of hydrogen-bond donors (Lipinski definition) is 1. The molecule has 1 N–H and O–H groups in total. The molecule has 0 radical (unpaired) electrons. The van der Waals surface area contributed by atoms with Gasteiger partial charge in [0.05, 0.1) is 0 Å². The van der Waals surface area contributed by atoms with E-state index in [9.17, 15) is 4.39 Å². The van der Waals surface area contributed by atoms with E-state index < -0.39 is 0 Å². The lowest BCUT2D eigenvalue weighted by molar-refractivity contribution is 0.172. The monoisotopic (exact) mass is 209 g/mol. The maximum Gasteiger partial charge on any atom is 0.165 e. The lowest BCUT2D eigenvalue weighted by Crippen LogP contribution is -2.36. The van der Waals surface area contributed by atoms with Gasteiger partial charge in [0.25, 0.3) is 0 Å². The number of rotatable bonds is 3. The molecule has 1 heterocycles. The Bertz CT molecular complexity index is 323.